The summed E-state index contributed by atoms with van der Waals surface area (Å²) in [4.78, 5) is 24.4. The van der Waals surface area contributed by atoms with E-state index in [1.807, 2.05) is 6.92 Å². The van der Waals surface area contributed by atoms with Gasteiger partial charge in [-0.1, -0.05) is 17.7 Å². The number of carbonyl (C=O) groups excluding carboxylic acids is 2. The standard InChI is InChI=1S/C19H21ClN2O3/c1-4-21-17(23)13-6-5-7-15(12-13)22-18(24)19(2,3)25-16-10-8-14(20)9-11-16/h5-12H,4H2,1-3H3,(H,21,23)(H,22,24). The molecule has 2 aromatic rings. The molecule has 0 atom stereocenters. The van der Waals surface area contributed by atoms with Crippen molar-refractivity contribution in [2.45, 2.75) is 26.4 Å². The monoisotopic (exact) mass is 360 g/mol. The Morgan fingerprint density at radius 1 is 1.12 bits per heavy atom. The zero-order valence-electron chi connectivity index (χ0n) is 14.4. The maximum atomic E-state index is 12.5. The first kappa shape index (κ1) is 18.8. The Morgan fingerprint density at radius 3 is 2.44 bits per heavy atom. The van der Waals surface area contributed by atoms with Crippen molar-refractivity contribution < 1.29 is 14.3 Å². The molecule has 0 aliphatic carbocycles. The molecule has 0 radical (unpaired) electrons. The van der Waals surface area contributed by atoms with E-state index in [9.17, 15) is 9.59 Å². The molecule has 2 rings (SSSR count). The highest BCUT2D eigenvalue weighted by atomic mass is 35.5. The number of benzene rings is 2. The number of nitrogens with one attached hydrogen (secondary N) is 2. The maximum Gasteiger partial charge on any atom is 0.267 e. The summed E-state index contributed by atoms with van der Waals surface area (Å²) < 4.78 is 5.76. The first-order chi connectivity index (χ1) is 11.8. The molecule has 2 aromatic carbocycles. The van der Waals surface area contributed by atoms with Crippen LogP contribution in [0.5, 0.6) is 5.75 Å². The zero-order chi connectivity index (χ0) is 18.4. The van der Waals surface area contributed by atoms with Crippen molar-refractivity contribution in [2.75, 3.05) is 11.9 Å². The van der Waals surface area contributed by atoms with E-state index in [0.29, 0.717) is 28.6 Å². The smallest absolute Gasteiger partial charge is 0.267 e. The van der Waals surface area contributed by atoms with E-state index < -0.39 is 5.60 Å². The van der Waals surface area contributed by atoms with Crippen LogP contribution in [0.2, 0.25) is 5.02 Å². The second kappa shape index (κ2) is 8.03. The fourth-order valence-electron chi connectivity index (χ4n) is 2.13. The fraction of sp³-hybridized carbons (Fsp3) is 0.263. The van der Waals surface area contributed by atoms with Gasteiger partial charge in [0.05, 0.1) is 0 Å². The number of carbonyl (C=O) groups is 2. The highest BCUT2D eigenvalue weighted by molar-refractivity contribution is 6.30. The van der Waals surface area contributed by atoms with E-state index in [1.54, 1.807) is 62.4 Å². The number of ether oxygens (including phenoxy) is 1. The maximum absolute atomic E-state index is 12.5. The van der Waals surface area contributed by atoms with Gasteiger partial charge in [0, 0.05) is 22.8 Å². The van der Waals surface area contributed by atoms with Crippen LogP contribution in [0.3, 0.4) is 0 Å². The van der Waals surface area contributed by atoms with Crippen LogP contribution in [0.4, 0.5) is 5.69 Å². The van der Waals surface area contributed by atoms with Crippen LogP contribution in [0.1, 0.15) is 31.1 Å². The molecule has 0 spiro atoms. The van der Waals surface area contributed by atoms with Crippen LogP contribution >= 0.6 is 11.6 Å². The molecule has 0 unspecified atom stereocenters. The predicted molar refractivity (Wildman–Crippen MR) is 99.2 cm³/mol. The number of amides is 2. The van der Waals surface area contributed by atoms with E-state index in [0.717, 1.165) is 0 Å². The summed E-state index contributed by atoms with van der Waals surface area (Å²) in [5.74, 6) is 0.0337. The zero-order valence-corrected chi connectivity index (χ0v) is 15.2. The van der Waals surface area contributed by atoms with Crippen LogP contribution < -0.4 is 15.4 Å². The SMILES string of the molecule is CCNC(=O)c1cccc(NC(=O)C(C)(C)Oc2ccc(Cl)cc2)c1. The molecule has 5 nitrogen and oxygen atoms in total. The lowest BCUT2D eigenvalue weighted by Crippen LogP contribution is -2.42. The van der Waals surface area contributed by atoms with Crippen molar-refractivity contribution in [3.05, 3.63) is 59.1 Å². The average Bonchev–Trinajstić information content (AvgIpc) is 2.57. The van der Waals surface area contributed by atoms with Gasteiger partial charge in [0.2, 0.25) is 0 Å². The Morgan fingerprint density at radius 2 is 1.80 bits per heavy atom. The topological polar surface area (TPSA) is 67.4 Å². The number of rotatable bonds is 6. The van der Waals surface area contributed by atoms with Gasteiger partial charge in [-0.3, -0.25) is 9.59 Å². The molecule has 25 heavy (non-hydrogen) atoms. The second-order valence-corrected chi connectivity index (χ2v) is 6.40. The Balaban J connectivity index is 2.08. The summed E-state index contributed by atoms with van der Waals surface area (Å²) in [7, 11) is 0. The quantitative estimate of drug-likeness (QED) is 0.821. The Kier molecular flexibility index (Phi) is 6.04. The van der Waals surface area contributed by atoms with Gasteiger partial charge in [0.1, 0.15) is 5.75 Å². The van der Waals surface area contributed by atoms with Gasteiger partial charge in [-0.15, -0.1) is 0 Å². The molecule has 132 valence electrons. The van der Waals surface area contributed by atoms with Gasteiger partial charge >= 0.3 is 0 Å². The first-order valence-electron chi connectivity index (χ1n) is 7.96. The van der Waals surface area contributed by atoms with Gasteiger partial charge in [-0.2, -0.15) is 0 Å². The lowest BCUT2D eigenvalue weighted by atomic mass is 10.1. The minimum atomic E-state index is -1.10. The summed E-state index contributed by atoms with van der Waals surface area (Å²) in [6, 6.07) is 13.5. The van der Waals surface area contributed by atoms with Crippen molar-refractivity contribution in [1.82, 2.24) is 5.32 Å². The first-order valence-corrected chi connectivity index (χ1v) is 8.34. The summed E-state index contributed by atoms with van der Waals surface area (Å²) in [5.41, 5.74) is -0.0900. The highest BCUT2D eigenvalue weighted by Gasteiger charge is 2.30. The predicted octanol–water partition coefficient (Wildman–Crippen LogP) is 3.89. The minimum Gasteiger partial charge on any atom is -0.478 e. The largest absolute Gasteiger partial charge is 0.478 e. The van der Waals surface area contributed by atoms with Gasteiger partial charge in [0.25, 0.3) is 11.8 Å². The van der Waals surface area contributed by atoms with Crippen LogP contribution in [0.15, 0.2) is 48.5 Å². The lowest BCUT2D eigenvalue weighted by Gasteiger charge is -2.25. The molecule has 2 N–H and O–H groups in total. The van der Waals surface area contributed by atoms with E-state index >= 15 is 0 Å². The summed E-state index contributed by atoms with van der Waals surface area (Å²) in [6.07, 6.45) is 0. The minimum absolute atomic E-state index is 0.185. The van der Waals surface area contributed by atoms with Gasteiger partial charge in [0.15, 0.2) is 5.60 Å². The third-order valence-electron chi connectivity index (χ3n) is 3.45. The molecule has 0 aliphatic heterocycles. The van der Waals surface area contributed by atoms with Crippen LogP contribution in [-0.2, 0) is 4.79 Å². The van der Waals surface area contributed by atoms with Gasteiger partial charge in [-0.05, 0) is 63.2 Å². The highest BCUT2D eigenvalue weighted by Crippen LogP contribution is 2.22. The van der Waals surface area contributed by atoms with E-state index in [-0.39, 0.29) is 11.8 Å². The van der Waals surface area contributed by atoms with Crippen molar-refractivity contribution in [2.24, 2.45) is 0 Å². The van der Waals surface area contributed by atoms with Crippen LogP contribution in [0, 0.1) is 0 Å². The molecule has 0 aromatic heterocycles. The van der Waals surface area contributed by atoms with Crippen LogP contribution in [0.25, 0.3) is 0 Å². The fourth-order valence-corrected chi connectivity index (χ4v) is 2.25. The molecule has 2 amide bonds. The number of hydrogen-bond acceptors (Lipinski definition) is 3. The van der Waals surface area contributed by atoms with Crippen molar-refractivity contribution >= 4 is 29.1 Å². The number of hydrogen-bond donors (Lipinski definition) is 2. The second-order valence-electron chi connectivity index (χ2n) is 5.96. The summed E-state index contributed by atoms with van der Waals surface area (Å²) in [6.45, 7) is 5.73. The molecule has 0 fully saturated rings. The number of halogens is 1. The molecule has 0 saturated carbocycles. The number of anilines is 1. The van der Waals surface area contributed by atoms with Crippen LogP contribution in [-0.4, -0.2) is 24.0 Å². The van der Waals surface area contributed by atoms with E-state index in [2.05, 4.69) is 10.6 Å². The van der Waals surface area contributed by atoms with E-state index in [4.69, 9.17) is 16.3 Å². The summed E-state index contributed by atoms with van der Waals surface area (Å²) >= 11 is 5.85. The molecule has 0 bridgehead atoms. The van der Waals surface area contributed by atoms with Crippen molar-refractivity contribution in [3.63, 3.8) is 0 Å². The molecule has 6 heteroatoms. The third-order valence-corrected chi connectivity index (χ3v) is 3.71. The molecule has 0 aliphatic rings. The average molecular weight is 361 g/mol. The lowest BCUT2D eigenvalue weighted by molar-refractivity contribution is -0.128. The molecular weight excluding hydrogens is 340 g/mol. The molecule has 0 saturated heterocycles. The summed E-state index contributed by atoms with van der Waals surface area (Å²) in [5, 5.41) is 6.10. The Bertz CT molecular complexity index is 758. The van der Waals surface area contributed by atoms with Crippen molar-refractivity contribution in [1.29, 1.82) is 0 Å². The normalized spacial score (nSPS) is 10.9. The van der Waals surface area contributed by atoms with Gasteiger partial charge < -0.3 is 15.4 Å². The van der Waals surface area contributed by atoms with E-state index in [1.165, 1.54) is 0 Å². The Hall–Kier alpha value is -2.53. The molecule has 0 heterocycles. The van der Waals surface area contributed by atoms with Gasteiger partial charge in [-0.25, -0.2) is 0 Å². The molecular formula is C19H21ClN2O3. The van der Waals surface area contributed by atoms with Crippen molar-refractivity contribution in [3.8, 4) is 5.75 Å². The Labute approximate surface area is 152 Å². The third kappa shape index (κ3) is 5.22.